The number of carbonyl (C=O) groups is 2. The average Bonchev–Trinajstić information content (AvgIpc) is 3.29. The van der Waals surface area contributed by atoms with Gasteiger partial charge in [-0.1, -0.05) is 25.3 Å². The number of piperazine rings is 1. The molecule has 2 fully saturated rings. The minimum absolute atomic E-state index is 0.0414. The Hall–Kier alpha value is -2.96. The van der Waals surface area contributed by atoms with Crippen LogP contribution in [0.5, 0.6) is 11.5 Å². The topological polar surface area (TPSA) is 72.2 Å². The second kappa shape index (κ2) is 8.81. The molecular weight excluding hydrogens is 384 g/mol. The van der Waals surface area contributed by atoms with E-state index in [-0.39, 0.29) is 30.9 Å². The van der Waals surface area contributed by atoms with Crippen molar-refractivity contribution in [1.29, 1.82) is 0 Å². The number of hydrogen-bond donors (Lipinski definition) is 0. The molecule has 0 bridgehead atoms. The molecule has 1 saturated carbocycles. The molecule has 0 N–H and O–H groups in total. The van der Waals surface area contributed by atoms with E-state index in [9.17, 15) is 9.59 Å². The van der Waals surface area contributed by atoms with Crippen molar-refractivity contribution in [2.45, 2.75) is 50.7 Å². The lowest BCUT2D eigenvalue weighted by atomic mass is 9.91. The number of rotatable bonds is 6. The molecule has 2 heterocycles. The summed E-state index contributed by atoms with van der Waals surface area (Å²) in [5.41, 5.74) is 0.707. The number of methoxy groups -OCH3 is 2. The van der Waals surface area contributed by atoms with Gasteiger partial charge in [0, 0.05) is 6.04 Å². The molecule has 7 nitrogen and oxygen atoms in total. The van der Waals surface area contributed by atoms with E-state index >= 15 is 0 Å². The van der Waals surface area contributed by atoms with Crippen LogP contribution in [0.1, 0.15) is 49.5 Å². The lowest BCUT2D eigenvalue weighted by Crippen LogP contribution is -2.58. The highest BCUT2D eigenvalue weighted by atomic mass is 16.5. The Balaban J connectivity index is 1.71. The first-order valence-corrected chi connectivity index (χ1v) is 10.5. The summed E-state index contributed by atoms with van der Waals surface area (Å²) in [6.07, 6.45) is 6.87. The van der Waals surface area contributed by atoms with Crippen LogP contribution < -0.4 is 9.47 Å². The summed E-state index contributed by atoms with van der Waals surface area (Å²) in [6.45, 7) is 0.364. The summed E-state index contributed by atoms with van der Waals surface area (Å²) in [6, 6.07) is 8.39. The Morgan fingerprint density at radius 3 is 2.47 bits per heavy atom. The Kier molecular flexibility index (Phi) is 5.97. The molecule has 7 heteroatoms. The van der Waals surface area contributed by atoms with Crippen molar-refractivity contribution < 1.29 is 23.5 Å². The van der Waals surface area contributed by atoms with Crippen LogP contribution in [0.15, 0.2) is 41.0 Å². The highest BCUT2D eigenvalue weighted by Gasteiger charge is 2.43. The largest absolute Gasteiger partial charge is 0.493 e. The van der Waals surface area contributed by atoms with E-state index in [1.807, 2.05) is 12.1 Å². The minimum Gasteiger partial charge on any atom is -0.493 e. The van der Waals surface area contributed by atoms with Crippen LogP contribution in [-0.4, -0.2) is 48.4 Å². The van der Waals surface area contributed by atoms with Gasteiger partial charge in [0.1, 0.15) is 18.3 Å². The average molecular weight is 412 g/mol. The van der Waals surface area contributed by atoms with E-state index in [0.29, 0.717) is 22.8 Å². The summed E-state index contributed by atoms with van der Waals surface area (Å²) < 4.78 is 16.2. The molecule has 4 rings (SSSR count). The van der Waals surface area contributed by atoms with Crippen molar-refractivity contribution in [3.05, 3.63) is 47.9 Å². The van der Waals surface area contributed by atoms with E-state index in [4.69, 9.17) is 13.9 Å². The zero-order chi connectivity index (χ0) is 21.1. The predicted molar refractivity (Wildman–Crippen MR) is 110 cm³/mol. The second-order valence-electron chi connectivity index (χ2n) is 7.88. The van der Waals surface area contributed by atoms with Gasteiger partial charge in [-0.25, -0.2) is 0 Å². The van der Waals surface area contributed by atoms with E-state index in [0.717, 1.165) is 25.7 Å². The van der Waals surface area contributed by atoms with Crippen molar-refractivity contribution in [2.24, 2.45) is 0 Å². The minimum atomic E-state index is -0.724. The van der Waals surface area contributed by atoms with E-state index in [1.165, 1.54) is 6.42 Å². The van der Waals surface area contributed by atoms with Crippen LogP contribution in [0.2, 0.25) is 0 Å². The normalized spacial score (nSPS) is 20.5. The highest BCUT2D eigenvalue weighted by molar-refractivity contribution is 5.95. The number of amides is 2. The summed E-state index contributed by atoms with van der Waals surface area (Å²) in [7, 11) is 3.13. The maximum Gasteiger partial charge on any atom is 0.250 e. The first-order valence-electron chi connectivity index (χ1n) is 10.5. The van der Waals surface area contributed by atoms with Gasteiger partial charge < -0.3 is 23.7 Å². The summed E-state index contributed by atoms with van der Waals surface area (Å²) in [4.78, 5) is 30.3. The number of hydrogen-bond acceptors (Lipinski definition) is 5. The van der Waals surface area contributed by atoms with Crippen LogP contribution in [0.3, 0.4) is 0 Å². The van der Waals surface area contributed by atoms with Gasteiger partial charge in [-0.3, -0.25) is 9.59 Å². The zero-order valence-electron chi connectivity index (χ0n) is 17.5. The van der Waals surface area contributed by atoms with Crippen molar-refractivity contribution in [2.75, 3.05) is 20.8 Å². The fourth-order valence-corrected chi connectivity index (χ4v) is 4.55. The SMILES string of the molecule is COc1ccc([C@@H]2C(=O)N(C3CCCCC3)CC(=O)N2Cc2ccco2)cc1OC. The number of carbonyl (C=O) groups excluding carboxylic acids is 2. The summed E-state index contributed by atoms with van der Waals surface area (Å²) in [5.74, 6) is 1.64. The molecule has 1 saturated heterocycles. The van der Waals surface area contributed by atoms with Crippen LogP contribution in [-0.2, 0) is 16.1 Å². The smallest absolute Gasteiger partial charge is 0.250 e. The van der Waals surface area contributed by atoms with Crippen LogP contribution in [0.25, 0.3) is 0 Å². The molecule has 0 spiro atoms. The molecule has 1 aliphatic carbocycles. The van der Waals surface area contributed by atoms with Crippen LogP contribution in [0.4, 0.5) is 0 Å². The first-order chi connectivity index (χ1) is 14.6. The fourth-order valence-electron chi connectivity index (χ4n) is 4.55. The predicted octanol–water partition coefficient (Wildman–Crippen LogP) is 3.54. The third kappa shape index (κ3) is 3.88. The van der Waals surface area contributed by atoms with E-state index in [2.05, 4.69) is 0 Å². The molecule has 0 radical (unpaired) electrons. The number of benzene rings is 1. The van der Waals surface area contributed by atoms with Gasteiger partial charge in [-0.2, -0.15) is 0 Å². The second-order valence-corrected chi connectivity index (χ2v) is 7.88. The number of furan rings is 1. The maximum absolute atomic E-state index is 13.7. The molecular formula is C23H28N2O5. The Morgan fingerprint density at radius 1 is 1.03 bits per heavy atom. The Bertz CT molecular complexity index is 889. The monoisotopic (exact) mass is 412 g/mol. The molecule has 1 aliphatic heterocycles. The third-order valence-electron chi connectivity index (χ3n) is 6.10. The van der Waals surface area contributed by atoms with Crippen molar-refractivity contribution in [3.63, 3.8) is 0 Å². The standard InChI is InChI=1S/C23H28N2O5/c1-28-19-11-10-16(13-20(19)29-2)22-23(27)24(17-7-4-3-5-8-17)15-21(26)25(22)14-18-9-6-12-30-18/h6,9-13,17,22H,3-5,7-8,14-15H2,1-2H3/t22-/m1/s1. The van der Waals surface area contributed by atoms with E-state index < -0.39 is 6.04 Å². The lowest BCUT2D eigenvalue weighted by Gasteiger charge is -2.44. The Labute approximate surface area is 176 Å². The van der Waals surface area contributed by atoms with Gasteiger partial charge in [-0.15, -0.1) is 0 Å². The third-order valence-corrected chi connectivity index (χ3v) is 6.10. The number of nitrogens with zero attached hydrogens (tertiary/aromatic N) is 2. The van der Waals surface area contributed by atoms with Gasteiger partial charge in [0.05, 0.1) is 27.0 Å². The first kappa shape index (κ1) is 20.3. The highest BCUT2D eigenvalue weighted by Crippen LogP contribution is 2.37. The fraction of sp³-hybridized carbons (Fsp3) is 0.478. The van der Waals surface area contributed by atoms with Crippen molar-refractivity contribution >= 4 is 11.8 Å². The Morgan fingerprint density at radius 2 is 1.80 bits per heavy atom. The molecule has 1 atom stereocenters. The molecule has 160 valence electrons. The molecule has 0 unspecified atom stereocenters. The van der Waals surface area contributed by atoms with Gasteiger partial charge in [0.15, 0.2) is 11.5 Å². The van der Waals surface area contributed by atoms with Crippen LogP contribution in [0, 0.1) is 0 Å². The van der Waals surface area contributed by atoms with Gasteiger partial charge >= 0.3 is 0 Å². The van der Waals surface area contributed by atoms with Crippen LogP contribution >= 0.6 is 0 Å². The molecule has 2 aliphatic rings. The molecule has 1 aromatic carbocycles. The summed E-state index contributed by atoms with van der Waals surface area (Å²) in [5, 5.41) is 0. The van der Waals surface area contributed by atoms with Crippen molar-refractivity contribution in [1.82, 2.24) is 9.80 Å². The van der Waals surface area contributed by atoms with Gasteiger partial charge in [0.25, 0.3) is 5.91 Å². The van der Waals surface area contributed by atoms with Crippen molar-refractivity contribution in [3.8, 4) is 11.5 Å². The molecule has 2 aromatic rings. The van der Waals surface area contributed by atoms with E-state index in [1.54, 1.807) is 48.5 Å². The molecule has 2 amide bonds. The van der Waals surface area contributed by atoms with Gasteiger partial charge in [0.2, 0.25) is 5.91 Å². The quantitative estimate of drug-likeness (QED) is 0.726. The summed E-state index contributed by atoms with van der Waals surface area (Å²) >= 11 is 0. The molecule has 30 heavy (non-hydrogen) atoms. The number of ether oxygens (including phenoxy) is 2. The van der Waals surface area contributed by atoms with Gasteiger partial charge in [-0.05, 0) is 42.7 Å². The maximum atomic E-state index is 13.7. The molecule has 1 aromatic heterocycles. The zero-order valence-corrected chi connectivity index (χ0v) is 17.5. The lowest BCUT2D eigenvalue weighted by molar-refractivity contribution is -0.160.